The summed E-state index contributed by atoms with van der Waals surface area (Å²) in [5.74, 6) is 0. The molecule has 0 spiro atoms. The van der Waals surface area contributed by atoms with E-state index in [0.29, 0.717) is 0 Å². The third kappa shape index (κ3) is 5.71. The van der Waals surface area contributed by atoms with Crippen molar-refractivity contribution in [2.24, 2.45) is 0 Å². The van der Waals surface area contributed by atoms with E-state index in [2.05, 4.69) is 116 Å². The molecule has 1 heterocycles. The monoisotopic (exact) mass is 540 g/mol. The van der Waals surface area contributed by atoms with Gasteiger partial charge in [-0.15, -0.1) is 29.7 Å². The predicted octanol–water partition coefficient (Wildman–Crippen LogP) is 0.623. The summed E-state index contributed by atoms with van der Waals surface area (Å²) in [7, 11) is -0.422. The maximum atomic E-state index is 2.38. The summed E-state index contributed by atoms with van der Waals surface area (Å²) in [6.45, 7) is 9.20. The van der Waals surface area contributed by atoms with Gasteiger partial charge in [0, 0.05) is 25.4 Å². The van der Waals surface area contributed by atoms with Gasteiger partial charge in [0.1, 0.15) is 0 Å². The van der Waals surface area contributed by atoms with Crippen LogP contribution in [0.4, 0.5) is 0 Å². The first kappa shape index (κ1) is 27.7. The van der Waals surface area contributed by atoms with Crippen LogP contribution in [-0.2, 0) is 26.2 Å². The molecule has 1 radical (unpaired) electrons. The third-order valence-electron chi connectivity index (χ3n) is 5.30. The number of benzene rings is 2. The van der Waals surface area contributed by atoms with Crippen LogP contribution in [0.5, 0.6) is 0 Å². The van der Waals surface area contributed by atoms with Crippen LogP contribution in [0.25, 0.3) is 22.5 Å². The van der Waals surface area contributed by atoms with Crippen LogP contribution < -0.4 is 24.8 Å². The summed E-state index contributed by atoms with van der Waals surface area (Å²) in [5, 5.41) is 4.26. The molecule has 0 unspecified atom stereocenters. The Morgan fingerprint density at radius 2 is 1.48 bits per heavy atom. The molecule has 0 fully saturated rings. The molecule has 0 N–H and O–H groups in total. The Hall–Kier alpha value is -1.38. The molecule has 5 heteroatoms. The average molecular weight is 543 g/mol. The number of fused-ring (bicyclic) bond motifs is 2. The summed E-state index contributed by atoms with van der Waals surface area (Å²) in [6.07, 6.45) is 2.35. The topological polar surface area (TPSA) is 4.93 Å². The third-order valence-corrected chi connectivity index (χ3v) is 6.97. The summed E-state index contributed by atoms with van der Waals surface area (Å²) >= 11 is 0. The van der Waals surface area contributed by atoms with Gasteiger partial charge in [-0.2, -0.15) is 17.5 Å². The van der Waals surface area contributed by atoms with Gasteiger partial charge < -0.3 is 29.4 Å². The zero-order valence-electron chi connectivity index (χ0n) is 18.3. The van der Waals surface area contributed by atoms with Gasteiger partial charge in [-0.1, -0.05) is 37.4 Å². The zero-order valence-corrected chi connectivity index (χ0v) is 23.3. The number of allylic oxidation sites excluding steroid dienone is 1. The largest absolute Gasteiger partial charge is 3.00 e. The maximum Gasteiger partial charge on any atom is 3.00 e. The number of hydrogen-bond acceptors (Lipinski definition) is 0. The van der Waals surface area contributed by atoms with E-state index in [4.69, 9.17) is 0 Å². The Morgan fingerprint density at radius 3 is 2.13 bits per heavy atom. The summed E-state index contributed by atoms with van der Waals surface area (Å²) in [5.41, 5.74) is 6.85. The second kappa shape index (κ2) is 12.0. The van der Waals surface area contributed by atoms with Gasteiger partial charge in [-0.25, -0.2) is 0 Å². The van der Waals surface area contributed by atoms with Crippen LogP contribution in [0.1, 0.15) is 23.9 Å². The molecule has 0 atom stereocenters. The molecule has 4 aromatic rings. The van der Waals surface area contributed by atoms with E-state index in [1.165, 1.54) is 39.0 Å². The quantitative estimate of drug-likeness (QED) is 0.246. The average Bonchev–Trinajstić information content (AvgIpc) is 3.35. The van der Waals surface area contributed by atoms with Crippen LogP contribution in [0, 0.1) is 6.92 Å². The molecule has 3 aromatic carbocycles. The second-order valence-corrected chi connectivity index (χ2v) is 10.1. The molecule has 1 nitrogen and oxygen atoms in total. The standard InChI is InChI=1S/C17H19NSi.C9H7.2ClH.Zr/c1-12-10-16-15(17(12)19(3)4)11-13(2)18(16)14-8-6-5-7-9-14;1-2-5-9-7-3-6-8(9)4-1;;;/h5-11H,1-4H3;1-7H;2*1H;/q;-1;;;+3/p-2. The van der Waals surface area contributed by atoms with E-state index in [0.717, 1.165) is 0 Å². The van der Waals surface area contributed by atoms with Crippen molar-refractivity contribution in [2.45, 2.75) is 26.9 Å². The van der Waals surface area contributed by atoms with Gasteiger partial charge in [0.25, 0.3) is 0 Å². The van der Waals surface area contributed by atoms with Gasteiger partial charge in [0.2, 0.25) is 0 Å². The van der Waals surface area contributed by atoms with Crippen LogP contribution in [-0.4, -0.2) is 18.1 Å². The van der Waals surface area contributed by atoms with Gasteiger partial charge in [-0.05, 0) is 48.9 Å². The van der Waals surface area contributed by atoms with E-state index in [1.807, 2.05) is 0 Å². The van der Waals surface area contributed by atoms with Gasteiger partial charge in [-0.3, -0.25) is 0 Å². The first-order valence-corrected chi connectivity index (χ1v) is 12.3. The maximum absolute atomic E-state index is 2.38. The Kier molecular flexibility index (Phi) is 10.7. The fourth-order valence-corrected chi connectivity index (χ4v) is 5.74. The zero-order chi connectivity index (χ0) is 19.7. The van der Waals surface area contributed by atoms with Crippen LogP contribution >= 0.6 is 0 Å². The van der Waals surface area contributed by atoms with Crippen LogP contribution in [0.15, 0.2) is 84.4 Å². The molecule has 0 saturated carbocycles. The molecule has 0 saturated heterocycles. The minimum absolute atomic E-state index is 0. The molecule has 5 rings (SSSR count). The normalized spacial score (nSPS) is 11.2. The van der Waals surface area contributed by atoms with Crippen molar-refractivity contribution in [3.05, 3.63) is 101 Å². The molecule has 0 amide bonds. The summed E-state index contributed by atoms with van der Waals surface area (Å²) < 4.78 is 2.37. The number of hydrogen-bond donors (Lipinski definition) is 0. The number of rotatable bonds is 1. The van der Waals surface area contributed by atoms with E-state index in [-0.39, 0.29) is 51.0 Å². The Balaban J connectivity index is 0.000000342. The number of aromatic nitrogens is 1. The summed E-state index contributed by atoms with van der Waals surface area (Å²) in [4.78, 5) is 0. The molecule has 31 heavy (non-hydrogen) atoms. The molecular weight excluding hydrogens is 517 g/mol. The van der Waals surface area contributed by atoms with Crippen LogP contribution in [0.3, 0.4) is 0 Å². The molecule has 1 aliphatic rings. The minimum Gasteiger partial charge on any atom is -1.00 e. The molecule has 157 valence electrons. The molecule has 0 bridgehead atoms. The fourth-order valence-electron chi connectivity index (χ4n) is 4.14. The van der Waals surface area contributed by atoms with Crippen LogP contribution in [0.2, 0.25) is 13.1 Å². The van der Waals surface area contributed by atoms with E-state index >= 15 is 0 Å². The van der Waals surface area contributed by atoms with Crippen molar-refractivity contribution in [3.8, 4) is 5.69 Å². The Labute approximate surface area is 218 Å². The SMILES string of the molecule is CC1=Cc2c(cc(C)n2-c2ccccc2)C1=[Si](C)C.[Cl-].[Cl-].[Zr+3].c1ccc2[cH-]ccc2c1. The van der Waals surface area contributed by atoms with E-state index < -0.39 is 8.41 Å². The summed E-state index contributed by atoms with van der Waals surface area (Å²) in [6, 6.07) is 27.7. The first-order valence-electron chi connectivity index (χ1n) is 9.81. The fraction of sp³-hybridized carbons (Fsp3) is 0.154. The van der Waals surface area contributed by atoms with Gasteiger partial charge in [0.05, 0.1) is 5.69 Å². The second-order valence-electron chi connectivity index (χ2n) is 7.61. The number of halogens is 2. The molecular formula is C26H26Cl2NSiZr. The van der Waals surface area contributed by atoms with Crippen molar-refractivity contribution >= 4 is 30.4 Å². The van der Waals surface area contributed by atoms with Crippen molar-refractivity contribution in [3.63, 3.8) is 0 Å². The molecule has 1 aromatic heterocycles. The first-order chi connectivity index (χ1) is 13.6. The number of nitrogens with zero attached hydrogens (tertiary/aromatic N) is 1. The minimum atomic E-state index is -0.422. The molecule has 0 aliphatic heterocycles. The Morgan fingerprint density at radius 1 is 0.839 bits per heavy atom. The van der Waals surface area contributed by atoms with Gasteiger partial charge in [0.15, 0.2) is 0 Å². The van der Waals surface area contributed by atoms with E-state index in [9.17, 15) is 0 Å². The van der Waals surface area contributed by atoms with Crippen molar-refractivity contribution in [1.29, 1.82) is 0 Å². The predicted molar refractivity (Wildman–Crippen MR) is 125 cm³/mol. The number of aryl methyl sites for hydroxylation is 1. The van der Waals surface area contributed by atoms with E-state index in [1.54, 1.807) is 5.17 Å². The Bertz CT molecular complexity index is 1170. The molecule has 1 aliphatic carbocycles. The smallest absolute Gasteiger partial charge is 1.00 e. The van der Waals surface area contributed by atoms with Crippen molar-refractivity contribution in [2.75, 3.05) is 0 Å². The number of para-hydroxylation sites is 1. The van der Waals surface area contributed by atoms with Crippen molar-refractivity contribution in [1.82, 2.24) is 4.57 Å². The van der Waals surface area contributed by atoms with Gasteiger partial charge >= 0.3 is 26.2 Å². The van der Waals surface area contributed by atoms with Crippen molar-refractivity contribution < 1.29 is 51.0 Å².